The van der Waals surface area contributed by atoms with Gasteiger partial charge < -0.3 is 5.73 Å². The second kappa shape index (κ2) is 4.73. The number of benzene rings is 1. The van der Waals surface area contributed by atoms with E-state index >= 15 is 0 Å². The maximum atomic E-state index is 11.5. The lowest BCUT2D eigenvalue weighted by Gasteiger charge is -2.21. The van der Waals surface area contributed by atoms with E-state index in [4.69, 9.17) is 17.3 Å². The van der Waals surface area contributed by atoms with Gasteiger partial charge in [0.2, 0.25) is 0 Å². The average Bonchev–Trinajstić information content (AvgIpc) is 2.52. The number of halogens is 1. The van der Waals surface area contributed by atoms with Crippen LogP contribution in [0.15, 0.2) is 18.2 Å². The zero-order chi connectivity index (χ0) is 14.3. The standard InChI is InChI=1S/C11H13ClN2O4S/c12-9-1-2-10(14(15)16)8(5-9)6-11(13)3-4-19(17,18)7-11/h1-2,5H,3-4,6-7,13H2. The first-order valence-corrected chi connectivity index (χ1v) is 7.83. The normalized spacial score (nSPS) is 25.4. The summed E-state index contributed by atoms with van der Waals surface area (Å²) in [6.45, 7) is 0. The van der Waals surface area contributed by atoms with Gasteiger partial charge in [0.1, 0.15) is 0 Å². The smallest absolute Gasteiger partial charge is 0.272 e. The molecule has 19 heavy (non-hydrogen) atoms. The highest BCUT2D eigenvalue weighted by atomic mass is 35.5. The van der Waals surface area contributed by atoms with Crippen LogP contribution in [0.1, 0.15) is 12.0 Å². The van der Waals surface area contributed by atoms with Gasteiger partial charge in [-0.3, -0.25) is 10.1 Å². The van der Waals surface area contributed by atoms with Crippen LogP contribution in [0.3, 0.4) is 0 Å². The van der Waals surface area contributed by atoms with Crippen LogP contribution >= 0.6 is 11.6 Å². The van der Waals surface area contributed by atoms with E-state index in [-0.39, 0.29) is 23.6 Å². The highest BCUT2D eigenvalue weighted by molar-refractivity contribution is 7.91. The molecule has 0 spiro atoms. The zero-order valence-corrected chi connectivity index (χ0v) is 11.6. The molecule has 1 fully saturated rings. The van der Waals surface area contributed by atoms with Crippen molar-refractivity contribution in [3.8, 4) is 0 Å². The monoisotopic (exact) mass is 304 g/mol. The maximum absolute atomic E-state index is 11.5. The molecule has 6 nitrogen and oxygen atoms in total. The van der Waals surface area contributed by atoms with Crippen molar-refractivity contribution in [3.05, 3.63) is 38.9 Å². The van der Waals surface area contributed by atoms with Crippen LogP contribution in [0.2, 0.25) is 5.02 Å². The van der Waals surface area contributed by atoms with Crippen molar-refractivity contribution in [3.63, 3.8) is 0 Å². The van der Waals surface area contributed by atoms with Crippen LogP contribution in [-0.4, -0.2) is 30.4 Å². The maximum Gasteiger partial charge on any atom is 0.272 e. The van der Waals surface area contributed by atoms with E-state index in [1.807, 2.05) is 0 Å². The molecule has 0 aliphatic carbocycles. The SMILES string of the molecule is NC1(Cc2cc(Cl)ccc2[N+](=O)[O-])CCS(=O)(=O)C1. The molecule has 0 radical (unpaired) electrons. The van der Waals surface area contributed by atoms with Gasteiger partial charge in [0.05, 0.1) is 16.4 Å². The summed E-state index contributed by atoms with van der Waals surface area (Å²) in [6.07, 6.45) is 0.433. The van der Waals surface area contributed by atoms with Crippen molar-refractivity contribution >= 4 is 27.1 Å². The molecule has 1 aliphatic rings. The first-order chi connectivity index (χ1) is 8.71. The molecule has 2 N–H and O–H groups in total. The van der Waals surface area contributed by atoms with Crippen LogP contribution in [0.25, 0.3) is 0 Å². The molecular formula is C11H13ClN2O4S. The van der Waals surface area contributed by atoms with E-state index in [0.29, 0.717) is 17.0 Å². The Morgan fingerprint density at radius 1 is 1.47 bits per heavy atom. The number of nitro benzene ring substituents is 1. The van der Waals surface area contributed by atoms with Crippen LogP contribution < -0.4 is 5.73 Å². The Hall–Kier alpha value is -1.18. The molecule has 1 saturated heterocycles. The van der Waals surface area contributed by atoms with Crippen molar-refractivity contribution < 1.29 is 13.3 Å². The highest BCUT2D eigenvalue weighted by Crippen LogP contribution is 2.30. The van der Waals surface area contributed by atoms with E-state index < -0.39 is 20.3 Å². The largest absolute Gasteiger partial charge is 0.324 e. The minimum absolute atomic E-state index is 0.0257. The summed E-state index contributed by atoms with van der Waals surface area (Å²) in [5, 5.41) is 11.3. The third kappa shape index (κ3) is 3.23. The molecule has 0 amide bonds. The Morgan fingerprint density at radius 3 is 2.68 bits per heavy atom. The Balaban J connectivity index is 2.33. The third-order valence-electron chi connectivity index (χ3n) is 3.20. The first kappa shape index (κ1) is 14.2. The Labute approximate surface area is 115 Å². The molecule has 104 valence electrons. The fraction of sp³-hybridized carbons (Fsp3) is 0.455. The van der Waals surface area contributed by atoms with E-state index in [1.54, 1.807) is 0 Å². The van der Waals surface area contributed by atoms with Gasteiger partial charge in [-0.15, -0.1) is 0 Å². The Morgan fingerprint density at radius 2 is 2.16 bits per heavy atom. The van der Waals surface area contributed by atoms with Gasteiger partial charge in [-0.05, 0) is 25.0 Å². The molecule has 2 rings (SSSR count). The fourth-order valence-electron chi connectivity index (χ4n) is 2.33. The molecular weight excluding hydrogens is 292 g/mol. The number of nitrogens with zero attached hydrogens (tertiary/aromatic N) is 1. The summed E-state index contributed by atoms with van der Waals surface area (Å²) in [4.78, 5) is 10.4. The summed E-state index contributed by atoms with van der Waals surface area (Å²) < 4.78 is 23.0. The lowest BCUT2D eigenvalue weighted by atomic mass is 9.91. The number of hydrogen-bond acceptors (Lipinski definition) is 5. The number of nitrogens with two attached hydrogens (primary N) is 1. The molecule has 1 aliphatic heterocycles. The lowest BCUT2D eigenvalue weighted by molar-refractivity contribution is -0.385. The second-order valence-corrected chi connectivity index (χ2v) is 7.53. The predicted octanol–water partition coefficient (Wildman–Crippen LogP) is 1.31. The molecule has 1 heterocycles. The molecule has 1 atom stereocenters. The minimum Gasteiger partial charge on any atom is -0.324 e. The van der Waals surface area contributed by atoms with E-state index in [0.717, 1.165) is 0 Å². The quantitative estimate of drug-likeness (QED) is 0.669. The van der Waals surface area contributed by atoms with Crippen molar-refractivity contribution in [1.29, 1.82) is 0 Å². The zero-order valence-electron chi connectivity index (χ0n) is 10.0. The summed E-state index contributed by atoms with van der Waals surface area (Å²) >= 11 is 5.83. The molecule has 1 unspecified atom stereocenters. The second-order valence-electron chi connectivity index (χ2n) is 4.91. The summed E-state index contributed by atoms with van der Waals surface area (Å²) in [6, 6.07) is 4.21. The summed E-state index contributed by atoms with van der Waals surface area (Å²) in [5.74, 6) is -0.123. The van der Waals surface area contributed by atoms with Gasteiger partial charge in [0, 0.05) is 22.2 Å². The first-order valence-electron chi connectivity index (χ1n) is 5.63. The molecule has 0 saturated carbocycles. The van der Waals surface area contributed by atoms with E-state index in [1.165, 1.54) is 18.2 Å². The van der Waals surface area contributed by atoms with Gasteiger partial charge >= 0.3 is 0 Å². The van der Waals surface area contributed by atoms with Crippen LogP contribution in [0.5, 0.6) is 0 Å². The van der Waals surface area contributed by atoms with Crippen LogP contribution in [0, 0.1) is 10.1 Å². The van der Waals surface area contributed by atoms with Crippen molar-refractivity contribution in [2.24, 2.45) is 5.73 Å². The predicted molar refractivity (Wildman–Crippen MR) is 72.0 cm³/mol. The number of sulfone groups is 1. The van der Waals surface area contributed by atoms with E-state index in [9.17, 15) is 18.5 Å². The topological polar surface area (TPSA) is 103 Å². The van der Waals surface area contributed by atoms with Crippen molar-refractivity contribution in [2.75, 3.05) is 11.5 Å². The number of hydrogen-bond donors (Lipinski definition) is 1. The molecule has 1 aromatic carbocycles. The molecule has 8 heteroatoms. The van der Waals surface area contributed by atoms with Crippen molar-refractivity contribution in [2.45, 2.75) is 18.4 Å². The van der Waals surface area contributed by atoms with Crippen LogP contribution in [0.4, 0.5) is 5.69 Å². The fourth-order valence-corrected chi connectivity index (χ4v) is 4.51. The van der Waals surface area contributed by atoms with Gasteiger partial charge in [-0.1, -0.05) is 11.6 Å². The number of nitro groups is 1. The van der Waals surface area contributed by atoms with Gasteiger partial charge in [-0.2, -0.15) is 0 Å². The van der Waals surface area contributed by atoms with Gasteiger partial charge in [0.25, 0.3) is 5.69 Å². The summed E-state index contributed by atoms with van der Waals surface area (Å²) in [7, 11) is -3.15. The molecule has 0 aromatic heterocycles. The van der Waals surface area contributed by atoms with Crippen molar-refractivity contribution in [1.82, 2.24) is 0 Å². The Bertz CT molecular complexity index is 632. The highest BCUT2D eigenvalue weighted by Gasteiger charge is 2.40. The Kier molecular flexibility index (Phi) is 3.55. The summed E-state index contributed by atoms with van der Waals surface area (Å²) in [5.41, 5.74) is 5.38. The van der Waals surface area contributed by atoms with Crippen LogP contribution in [-0.2, 0) is 16.3 Å². The molecule has 1 aromatic rings. The lowest BCUT2D eigenvalue weighted by Crippen LogP contribution is -2.43. The average molecular weight is 305 g/mol. The number of rotatable bonds is 3. The van der Waals surface area contributed by atoms with Gasteiger partial charge in [-0.25, -0.2) is 8.42 Å². The van der Waals surface area contributed by atoms with Gasteiger partial charge in [0.15, 0.2) is 9.84 Å². The van der Waals surface area contributed by atoms with E-state index in [2.05, 4.69) is 0 Å². The third-order valence-corrected chi connectivity index (χ3v) is 5.28. The molecule has 0 bridgehead atoms. The minimum atomic E-state index is -3.15.